The number of amides is 1. The van der Waals surface area contributed by atoms with E-state index in [1.165, 1.54) is 6.07 Å². The maximum atomic E-state index is 13.8. The highest BCUT2D eigenvalue weighted by Crippen LogP contribution is 2.20. The average Bonchev–Trinajstić information content (AvgIpc) is 2.48. The smallest absolute Gasteiger partial charge is 0.238 e. The Labute approximate surface area is 124 Å². The molecule has 1 unspecified atom stereocenters. The number of piperazine rings is 1. The normalized spacial score (nSPS) is 19.3. The Balaban J connectivity index is 1.95. The number of rotatable bonds is 5. The third-order valence-corrected chi connectivity index (χ3v) is 4.20. The van der Waals surface area contributed by atoms with Gasteiger partial charge in [0.25, 0.3) is 0 Å². The van der Waals surface area contributed by atoms with E-state index < -0.39 is 5.54 Å². The van der Waals surface area contributed by atoms with Crippen LogP contribution in [0.3, 0.4) is 0 Å². The lowest BCUT2D eigenvalue weighted by Crippen LogP contribution is -2.60. The van der Waals surface area contributed by atoms with Crippen LogP contribution in [0.25, 0.3) is 0 Å². The number of nitrogens with one attached hydrogen (secondary N) is 1. The summed E-state index contributed by atoms with van der Waals surface area (Å²) in [5.41, 5.74) is 5.35. The minimum Gasteiger partial charge on any atom is -0.368 e. The van der Waals surface area contributed by atoms with Crippen molar-refractivity contribution in [3.8, 4) is 0 Å². The SMILES string of the molecule is CNC(C)(CN1CCN(c2ccccc2F)CC1)C(N)=O. The van der Waals surface area contributed by atoms with Crippen molar-refractivity contribution in [2.24, 2.45) is 5.73 Å². The number of nitrogens with zero attached hydrogens (tertiary/aromatic N) is 2. The lowest BCUT2D eigenvalue weighted by Gasteiger charge is -2.39. The standard InChI is InChI=1S/C15H23FN4O/c1-15(18-2,14(17)21)11-19-7-9-20(10-8-19)13-6-4-3-5-12(13)16/h3-6,18H,7-11H2,1-2H3,(H2,17,21). The number of para-hydroxylation sites is 1. The Kier molecular flexibility index (Phi) is 4.80. The molecule has 1 saturated heterocycles. The van der Waals surface area contributed by atoms with Gasteiger partial charge in [0.15, 0.2) is 0 Å². The minimum absolute atomic E-state index is 0.192. The number of carbonyl (C=O) groups is 1. The summed E-state index contributed by atoms with van der Waals surface area (Å²) in [6, 6.07) is 6.81. The van der Waals surface area contributed by atoms with E-state index in [2.05, 4.69) is 10.2 Å². The third kappa shape index (κ3) is 3.51. The van der Waals surface area contributed by atoms with E-state index in [1.54, 1.807) is 26.1 Å². The van der Waals surface area contributed by atoms with Gasteiger partial charge in [0, 0.05) is 32.7 Å². The molecule has 3 N–H and O–H groups in total. The second-order valence-corrected chi connectivity index (χ2v) is 5.66. The summed E-state index contributed by atoms with van der Waals surface area (Å²) in [7, 11) is 1.74. The summed E-state index contributed by atoms with van der Waals surface area (Å²) in [5.74, 6) is -0.551. The van der Waals surface area contributed by atoms with Gasteiger partial charge in [-0.05, 0) is 26.1 Å². The molecule has 1 aliphatic heterocycles. The van der Waals surface area contributed by atoms with Gasteiger partial charge in [0.2, 0.25) is 5.91 Å². The lowest BCUT2D eigenvalue weighted by molar-refractivity contribution is -0.124. The molecule has 1 fully saturated rings. The average molecular weight is 294 g/mol. The Hall–Kier alpha value is -1.66. The van der Waals surface area contributed by atoms with E-state index in [9.17, 15) is 9.18 Å². The zero-order valence-corrected chi connectivity index (χ0v) is 12.6. The molecule has 5 nitrogen and oxygen atoms in total. The first-order valence-electron chi connectivity index (χ1n) is 7.17. The topological polar surface area (TPSA) is 61.6 Å². The number of anilines is 1. The van der Waals surface area contributed by atoms with E-state index in [1.807, 2.05) is 11.0 Å². The number of benzene rings is 1. The monoisotopic (exact) mass is 294 g/mol. The molecule has 116 valence electrons. The summed E-state index contributed by atoms with van der Waals surface area (Å²) < 4.78 is 13.8. The quantitative estimate of drug-likeness (QED) is 0.826. The van der Waals surface area contributed by atoms with E-state index in [0.29, 0.717) is 12.2 Å². The van der Waals surface area contributed by atoms with Crippen LogP contribution in [-0.2, 0) is 4.79 Å². The number of hydrogen-bond acceptors (Lipinski definition) is 4. The van der Waals surface area contributed by atoms with Crippen molar-refractivity contribution in [2.45, 2.75) is 12.5 Å². The van der Waals surface area contributed by atoms with Crippen LogP contribution < -0.4 is 16.0 Å². The van der Waals surface area contributed by atoms with Gasteiger partial charge < -0.3 is 16.0 Å². The first kappa shape index (κ1) is 15.7. The van der Waals surface area contributed by atoms with Crippen LogP contribution in [0, 0.1) is 5.82 Å². The summed E-state index contributed by atoms with van der Waals surface area (Å²) in [4.78, 5) is 15.7. The maximum Gasteiger partial charge on any atom is 0.238 e. The molecule has 0 spiro atoms. The fourth-order valence-corrected chi connectivity index (χ4v) is 2.58. The molecule has 1 aromatic rings. The van der Waals surface area contributed by atoms with Crippen molar-refractivity contribution >= 4 is 11.6 Å². The van der Waals surface area contributed by atoms with Crippen molar-refractivity contribution in [3.63, 3.8) is 0 Å². The molecule has 2 rings (SSSR count). The summed E-state index contributed by atoms with van der Waals surface area (Å²) in [6.07, 6.45) is 0. The number of halogens is 1. The molecule has 1 aliphatic rings. The Morgan fingerprint density at radius 2 is 1.95 bits per heavy atom. The van der Waals surface area contributed by atoms with E-state index >= 15 is 0 Å². The molecule has 1 amide bonds. The Morgan fingerprint density at radius 1 is 1.33 bits per heavy atom. The van der Waals surface area contributed by atoms with Gasteiger partial charge in [-0.15, -0.1) is 0 Å². The summed E-state index contributed by atoms with van der Waals surface area (Å²) in [5, 5.41) is 2.99. The van der Waals surface area contributed by atoms with E-state index in [-0.39, 0.29) is 11.7 Å². The number of primary amides is 1. The second kappa shape index (κ2) is 6.41. The van der Waals surface area contributed by atoms with Crippen LogP contribution in [-0.4, -0.2) is 56.1 Å². The number of likely N-dealkylation sites (N-methyl/N-ethyl adjacent to an activating group) is 1. The second-order valence-electron chi connectivity index (χ2n) is 5.66. The van der Waals surface area contributed by atoms with Gasteiger partial charge in [-0.3, -0.25) is 9.69 Å². The van der Waals surface area contributed by atoms with Gasteiger partial charge in [-0.25, -0.2) is 4.39 Å². The predicted octanol–water partition coefficient (Wildman–Crippen LogP) is 0.411. The molecule has 0 aromatic heterocycles. The Bertz CT molecular complexity index is 502. The highest BCUT2D eigenvalue weighted by atomic mass is 19.1. The van der Waals surface area contributed by atoms with Crippen LogP contribution >= 0.6 is 0 Å². The molecular formula is C15H23FN4O. The molecule has 0 bridgehead atoms. The largest absolute Gasteiger partial charge is 0.368 e. The highest BCUT2D eigenvalue weighted by molar-refractivity contribution is 5.84. The predicted molar refractivity (Wildman–Crippen MR) is 81.7 cm³/mol. The first-order valence-corrected chi connectivity index (χ1v) is 7.17. The lowest BCUT2D eigenvalue weighted by atomic mass is 10.0. The number of carbonyl (C=O) groups excluding carboxylic acids is 1. The molecular weight excluding hydrogens is 271 g/mol. The summed E-state index contributed by atoms with van der Waals surface area (Å²) in [6.45, 7) is 5.39. The van der Waals surface area contributed by atoms with Crippen LogP contribution in [0.15, 0.2) is 24.3 Å². The number of hydrogen-bond donors (Lipinski definition) is 2. The molecule has 0 radical (unpaired) electrons. The molecule has 21 heavy (non-hydrogen) atoms. The zero-order chi connectivity index (χ0) is 15.5. The number of nitrogens with two attached hydrogens (primary N) is 1. The molecule has 1 heterocycles. The van der Waals surface area contributed by atoms with Gasteiger partial charge in [-0.1, -0.05) is 12.1 Å². The van der Waals surface area contributed by atoms with Crippen molar-refractivity contribution in [3.05, 3.63) is 30.1 Å². The van der Waals surface area contributed by atoms with Gasteiger partial charge in [0.1, 0.15) is 11.4 Å². The van der Waals surface area contributed by atoms with Gasteiger partial charge in [0.05, 0.1) is 5.69 Å². The molecule has 1 atom stereocenters. The fraction of sp³-hybridized carbons (Fsp3) is 0.533. The minimum atomic E-state index is -0.736. The van der Waals surface area contributed by atoms with Crippen molar-refractivity contribution in [1.29, 1.82) is 0 Å². The molecule has 1 aromatic carbocycles. The fourth-order valence-electron chi connectivity index (χ4n) is 2.58. The first-order chi connectivity index (χ1) is 9.96. The molecule has 0 aliphatic carbocycles. The highest BCUT2D eigenvalue weighted by Gasteiger charge is 2.32. The van der Waals surface area contributed by atoms with E-state index in [4.69, 9.17) is 5.73 Å². The molecule has 0 saturated carbocycles. The van der Waals surface area contributed by atoms with Gasteiger partial charge >= 0.3 is 0 Å². The van der Waals surface area contributed by atoms with Crippen molar-refractivity contribution < 1.29 is 9.18 Å². The van der Waals surface area contributed by atoms with E-state index in [0.717, 1.165) is 26.2 Å². The van der Waals surface area contributed by atoms with Crippen molar-refractivity contribution in [2.75, 3.05) is 44.7 Å². The van der Waals surface area contributed by atoms with Crippen LogP contribution in [0.4, 0.5) is 10.1 Å². The van der Waals surface area contributed by atoms with Crippen LogP contribution in [0.2, 0.25) is 0 Å². The maximum absolute atomic E-state index is 13.8. The Morgan fingerprint density at radius 3 is 2.48 bits per heavy atom. The van der Waals surface area contributed by atoms with Gasteiger partial charge in [-0.2, -0.15) is 0 Å². The third-order valence-electron chi connectivity index (χ3n) is 4.20. The van der Waals surface area contributed by atoms with Crippen LogP contribution in [0.5, 0.6) is 0 Å². The summed E-state index contributed by atoms with van der Waals surface area (Å²) >= 11 is 0. The van der Waals surface area contributed by atoms with Crippen molar-refractivity contribution in [1.82, 2.24) is 10.2 Å². The van der Waals surface area contributed by atoms with Crippen LogP contribution in [0.1, 0.15) is 6.92 Å². The zero-order valence-electron chi connectivity index (χ0n) is 12.6. The molecule has 6 heteroatoms.